The molecule has 1 aliphatic heterocycles. The highest BCUT2D eigenvalue weighted by atomic mass is 79.9. The third-order valence-electron chi connectivity index (χ3n) is 3.35. The molecule has 5 heteroatoms. The Labute approximate surface area is 126 Å². The fourth-order valence-corrected chi connectivity index (χ4v) is 2.71. The van der Waals surface area contributed by atoms with Crippen LogP contribution in [0.3, 0.4) is 0 Å². The van der Waals surface area contributed by atoms with Gasteiger partial charge in [0.1, 0.15) is 5.75 Å². The minimum absolute atomic E-state index is 0.0918. The van der Waals surface area contributed by atoms with E-state index in [0.29, 0.717) is 5.39 Å². The van der Waals surface area contributed by atoms with E-state index in [1.165, 1.54) is 19.4 Å². The highest BCUT2D eigenvalue weighted by Gasteiger charge is 2.05. The van der Waals surface area contributed by atoms with Crippen LogP contribution >= 0.6 is 15.9 Å². The minimum Gasteiger partial charge on any atom is -0.496 e. The molecule has 1 saturated heterocycles. The maximum atomic E-state index is 11.4. The molecule has 0 amide bonds. The third-order valence-corrected chi connectivity index (χ3v) is 3.97. The number of hydrogen-bond acceptors (Lipinski definition) is 3. The maximum Gasteiger partial charge on any atom is 0.255 e. The summed E-state index contributed by atoms with van der Waals surface area (Å²) in [5, 5.41) is 4.84. The smallest absolute Gasteiger partial charge is 0.255 e. The van der Waals surface area contributed by atoms with Crippen LogP contribution in [0.1, 0.15) is 19.8 Å². The van der Waals surface area contributed by atoms with E-state index in [1.54, 1.807) is 19.4 Å². The highest BCUT2D eigenvalue weighted by Crippen LogP contribution is 2.28. The molecule has 1 unspecified atom stereocenters. The number of ether oxygens (including phenoxy) is 1. The summed E-state index contributed by atoms with van der Waals surface area (Å²) >= 11 is 3.33. The summed E-state index contributed by atoms with van der Waals surface area (Å²) in [5.41, 5.74) is -0.0918. The first-order valence-electron chi connectivity index (χ1n) is 6.70. The number of aromatic nitrogens is 1. The third kappa shape index (κ3) is 3.61. The van der Waals surface area contributed by atoms with Crippen molar-refractivity contribution in [3.8, 4) is 5.75 Å². The van der Waals surface area contributed by atoms with Gasteiger partial charge in [0.15, 0.2) is 0 Å². The predicted molar refractivity (Wildman–Crippen MR) is 85.5 cm³/mol. The van der Waals surface area contributed by atoms with Gasteiger partial charge in [0.2, 0.25) is 0 Å². The van der Waals surface area contributed by atoms with Gasteiger partial charge in [-0.2, -0.15) is 0 Å². The number of nitrogens with one attached hydrogen (secondary N) is 2. The van der Waals surface area contributed by atoms with E-state index in [9.17, 15) is 4.79 Å². The number of halogens is 1. The second-order valence-electron chi connectivity index (χ2n) is 4.88. The Bertz CT molecular complexity index is 633. The van der Waals surface area contributed by atoms with Gasteiger partial charge in [0.25, 0.3) is 5.56 Å². The van der Waals surface area contributed by atoms with Gasteiger partial charge in [-0.25, -0.2) is 0 Å². The van der Waals surface area contributed by atoms with Gasteiger partial charge in [-0.3, -0.25) is 4.79 Å². The first kappa shape index (κ1) is 15.1. The van der Waals surface area contributed by atoms with Crippen LogP contribution < -0.4 is 15.6 Å². The van der Waals surface area contributed by atoms with Gasteiger partial charge in [0, 0.05) is 17.6 Å². The summed E-state index contributed by atoms with van der Waals surface area (Å²) in [4.78, 5) is 14.0. The van der Waals surface area contributed by atoms with Crippen molar-refractivity contribution in [3.63, 3.8) is 0 Å². The fraction of sp³-hybridized carbons (Fsp3) is 0.400. The van der Waals surface area contributed by atoms with E-state index in [1.807, 2.05) is 12.1 Å². The normalized spacial score (nSPS) is 17.6. The van der Waals surface area contributed by atoms with Crippen LogP contribution in [0.2, 0.25) is 0 Å². The van der Waals surface area contributed by atoms with Crippen molar-refractivity contribution in [2.75, 3.05) is 13.7 Å². The van der Waals surface area contributed by atoms with Crippen LogP contribution in [-0.2, 0) is 0 Å². The van der Waals surface area contributed by atoms with Crippen LogP contribution in [0.5, 0.6) is 5.75 Å². The van der Waals surface area contributed by atoms with Crippen molar-refractivity contribution in [2.24, 2.45) is 0 Å². The van der Waals surface area contributed by atoms with Gasteiger partial charge in [-0.15, -0.1) is 0 Å². The molecule has 2 N–H and O–H groups in total. The average molecular weight is 339 g/mol. The van der Waals surface area contributed by atoms with Crippen LogP contribution in [0, 0.1) is 0 Å². The molecule has 4 nitrogen and oxygen atoms in total. The van der Waals surface area contributed by atoms with Gasteiger partial charge in [-0.1, -0.05) is 0 Å². The zero-order chi connectivity index (χ0) is 14.5. The van der Waals surface area contributed by atoms with E-state index >= 15 is 0 Å². The Morgan fingerprint density at radius 3 is 2.75 bits per heavy atom. The van der Waals surface area contributed by atoms with E-state index in [-0.39, 0.29) is 5.56 Å². The van der Waals surface area contributed by atoms with Crippen LogP contribution in [0.15, 0.2) is 33.7 Å². The van der Waals surface area contributed by atoms with Gasteiger partial charge < -0.3 is 15.0 Å². The van der Waals surface area contributed by atoms with Crippen molar-refractivity contribution in [3.05, 3.63) is 39.2 Å². The number of aromatic amines is 1. The zero-order valence-corrected chi connectivity index (χ0v) is 13.3. The monoisotopic (exact) mass is 338 g/mol. The number of benzene rings is 1. The molecular formula is C15H19BrN2O2. The molecule has 0 radical (unpaired) electrons. The van der Waals surface area contributed by atoms with Gasteiger partial charge in [0.05, 0.1) is 11.6 Å². The van der Waals surface area contributed by atoms with Gasteiger partial charge in [-0.05, 0) is 65.8 Å². The molecule has 108 valence electrons. The van der Waals surface area contributed by atoms with E-state index in [2.05, 4.69) is 33.2 Å². The van der Waals surface area contributed by atoms with Crippen molar-refractivity contribution in [2.45, 2.75) is 25.8 Å². The molecule has 20 heavy (non-hydrogen) atoms. The van der Waals surface area contributed by atoms with Crippen molar-refractivity contribution in [1.29, 1.82) is 0 Å². The summed E-state index contributed by atoms with van der Waals surface area (Å²) < 4.78 is 5.92. The molecule has 2 aromatic rings. The second kappa shape index (κ2) is 6.90. The van der Waals surface area contributed by atoms with Crippen LogP contribution in [-0.4, -0.2) is 24.7 Å². The lowest BCUT2D eigenvalue weighted by molar-refractivity contribution is 0.413. The molecule has 1 aromatic carbocycles. The molecule has 0 bridgehead atoms. The molecule has 2 heterocycles. The van der Waals surface area contributed by atoms with E-state index < -0.39 is 0 Å². The summed E-state index contributed by atoms with van der Waals surface area (Å²) in [7, 11) is 1.60. The van der Waals surface area contributed by atoms with Crippen LogP contribution in [0.25, 0.3) is 10.8 Å². The van der Waals surface area contributed by atoms with Crippen LogP contribution in [0.4, 0.5) is 0 Å². The summed E-state index contributed by atoms with van der Waals surface area (Å²) in [6.45, 7) is 3.47. The van der Waals surface area contributed by atoms with E-state index in [0.717, 1.165) is 21.7 Å². The standard InChI is InChI=1S/C10H8BrNO2.C5H11N/c1-14-9-4-6-2-3-12-10(13)7(6)5-8(9)11;1-5-3-2-4-6-5/h2-5H,1H3,(H,12,13);5-6H,2-4H2,1H3. The van der Waals surface area contributed by atoms with Crippen molar-refractivity contribution < 1.29 is 4.74 Å². The molecular weight excluding hydrogens is 320 g/mol. The summed E-state index contributed by atoms with van der Waals surface area (Å²) in [5.74, 6) is 0.725. The second-order valence-corrected chi connectivity index (χ2v) is 5.73. The number of hydrogen-bond donors (Lipinski definition) is 2. The first-order valence-corrected chi connectivity index (χ1v) is 7.49. The quantitative estimate of drug-likeness (QED) is 0.840. The Kier molecular flexibility index (Phi) is 5.20. The van der Waals surface area contributed by atoms with Crippen molar-refractivity contribution in [1.82, 2.24) is 10.3 Å². The Morgan fingerprint density at radius 1 is 1.40 bits per heavy atom. The van der Waals surface area contributed by atoms with E-state index in [4.69, 9.17) is 4.74 Å². The lowest BCUT2D eigenvalue weighted by atomic mass is 10.2. The predicted octanol–water partition coefficient (Wildman–Crippen LogP) is 3.06. The highest BCUT2D eigenvalue weighted by molar-refractivity contribution is 9.10. The lowest BCUT2D eigenvalue weighted by Crippen LogP contribution is -2.16. The number of rotatable bonds is 1. The molecule has 1 aliphatic rings. The molecule has 1 atom stereocenters. The maximum absolute atomic E-state index is 11.4. The number of pyridine rings is 1. The lowest BCUT2D eigenvalue weighted by Gasteiger charge is -2.04. The minimum atomic E-state index is -0.0918. The zero-order valence-electron chi connectivity index (χ0n) is 11.7. The molecule has 3 rings (SSSR count). The topological polar surface area (TPSA) is 54.1 Å². The Balaban J connectivity index is 0.000000205. The molecule has 0 saturated carbocycles. The molecule has 0 aliphatic carbocycles. The molecule has 1 aromatic heterocycles. The summed E-state index contributed by atoms with van der Waals surface area (Å²) in [6, 6.07) is 6.22. The average Bonchev–Trinajstić information content (AvgIpc) is 2.91. The largest absolute Gasteiger partial charge is 0.496 e. The number of methoxy groups -OCH3 is 1. The number of H-pyrrole nitrogens is 1. The SMILES string of the molecule is CC1CCCN1.COc1cc2cc[nH]c(=O)c2cc1Br. The fourth-order valence-electron chi connectivity index (χ4n) is 2.20. The summed E-state index contributed by atoms with van der Waals surface area (Å²) in [6.07, 6.45) is 4.37. The molecule has 1 fully saturated rings. The van der Waals surface area contributed by atoms with Crippen molar-refractivity contribution >= 4 is 26.7 Å². The Hall–Kier alpha value is -1.33. The Morgan fingerprint density at radius 2 is 2.20 bits per heavy atom. The van der Waals surface area contributed by atoms with Gasteiger partial charge >= 0.3 is 0 Å². The number of fused-ring (bicyclic) bond motifs is 1. The first-order chi connectivity index (χ1) is 9.61. The molecule has 0 spiro atoms.